The van der Waals surface area contributed by atoms with Crippen LogP contribution in [0.15, 0.2) is 33.8 Å². The smallest absolute Gasteiger partial charge is 0.218 e. The Morgan fingerprint density at radius 1 is 1.38 bits per heavy atom. The molecular formula is C19H28N4O3. The van der Waals surface area contributed by atoms with Gasteiger partial charge >= 0.3 is 0 Å². The van der Waals surface area contributed by atoms with Crippen LogP contribution in [0.3, 0.4) is 0 Å². The van der Waals surface area contributed by atoms with Crippen molar-refractivity contribution in [2.24, 2.45) is 4.99 Å². The van der Waals surface area contributed by atoms with Gasteiger partial charge in [0.15, 0.2) is 5.96 Å². The van der Waals surface area contributed by atoms with Crippen molar-refractivity contribution < 1.29 is 14.3 Å². The summed E-state index contributed by atoms with van der Waals surface area (Å²) in [5.41, 5.74) is 0.580. The lowest BCUT2D eigenvalue weighted by Gasteiger charge is -2.24. The van der Waals surface area contributed by atoms with Crippen molar-refractivity contribution in [1.29, 1.82) is 0 Å². The highest BCUT2D eigenvalue weighted by Gasteiger charge is 2.27. The standard InChI is InChI=1S/C19H28N4O3/c1-6-20-18(22-11-15-8-7-9-21-17(15)25-5)23-12-19(4,24)16-10-13(2)26-14(16)3/h7-10,24H,6,11-12H2,1-5H3,(H2,20,22,23). The molecule has 26 heavy (non-hydrogen) atoms. The van der Waals surface area contributed by atoms with Crippen molar-refractivity contribution >= 4 is 5.96 Å². The molecule has 0 aliphatic heterocycles. The van der Waals surface area contributed by atoms with Gasteiger partial charge < -0.3 is 24.9 Å². The van der Waals surface area contributed by atoms with Gasteiger partial charge in [-0.05, 0) is 39.8 Å². The summed E-state index contributed by atoms with van der Waals surface area (Å²) in [5.74, 6) is 2.67. The molecule has 1 unspecified atom stereocenters. The molecular weight excluding hydrogens is 332 g/mol. The molecule has 7 heteroatoms. The van der Waals surface area contributed by atoms with Crippen molar-refractivity contribution in [2.75, 3.05) is 20.2 Å². The van der Waals surface area contributed by atoms with Crippen LogP contribution in [0.1, 0.15) is 36.5 Å². The van der Waals surface area contributed by atoms with E-state index in [9.17, 15) is 5.11 Å². The molecule has 2 aromatic heterocycles. The minimum absolute atomic E-state index is 0.294. The first kappa shape index (κ1) is 19.8. The van der Waals surface area contributed by atoms with Gasteiger partial charge in [-0.2, -0.15) is 0 Å². The van der Waals surface area contributed by atoms with Crippen LogP contribution in [0, 0.1) is 13.8 Å². The molecule has 0 aliphatic carbocycles. The molecule has 142 valence electrons. The minimum atomic E-state index is -1.08. The fraction of sp³-hybridized carbons (Fsp3) is 0.474. The molecule has 0 spiro atoms. The predicted octanol–water partition coefficient (Wildman–Crippen LogP) is 2.26. The van der Waals surface area contributed by atoms with Crippen LogP contribution in [0.2, 0.25) is 0 Å². The number of aromatic nitrogens is 1. The Bertz CT molecular complexity index is 753. The summed E-state index contributed by atoms with van der Waals surface area (Å²) in [4.78, 5) is 8.73. The zero-order valence-corrected chi connectivity index (χ0v) is 16.1. The Morgan fingerprint density at radius 2 is 2.15 bits per heavy atom. The summed E-state index contributed by atoms with van der Waals surface area (Å²) >= 11 is 0. The van der Waals surface area contributed by atoms with Gasteiger partial charge in [-0.15, -0.1) is 0 Å². The molecule has 2 aromatic rings. The molecule has 1 atom stereocenters. The van der Waals surface area contributed by atoms with E-state index in [1.54, 1.807) is 20.2 Å². The van der Waals surface area contributed by atoms with E-state index >= 15 is 0 Å². The topological polar surface area (TPSA) is 91.9 Å². The van der Waals surface area contributed by atoms with Crippen LogP contribution in [-0.2, 0) is 12.1 Å². The number of guanidine groups is 1. The minimum Gasteiger partial charge on any atom is -0.481 e. The van der Waals surface area contributed by atoms with E-state index in [1.807, 2.05) is 39.0 Å². The molecule has 0 bridgehead atoms. The normalized spacial score (nSPS) is 14.0. The molecule has 0 amide bonds. The van der Waals surface area contributed by atoms with E-state index in [2.05, 4.69) is 20.6 Å². The number of ether oxygens (including phenoxy) is 1. The average Bonchev–Trinajstić information content (AvgIpc) is 2.97. The Labute approximate surface area is 154 Å². The molecule has 2 heterocycles. The number of hydrogen-bond donors (Lipinski definition) is 3. The highest BCUT2D eigenvalue weighted by Crippen LogP contribution is 2.26. The first-order chi connectivity index (χ1) is 12.4. The number of hydrogen-bond acceptors (Lipinski definition) is 5. The lowest BCUT2D eigenvalue weighted by atomic mass is 9.96. The third-order valence-electron chi connectivity index (χ3n) is 4.02. The number of nitrogens with one attached hydrogen (secondary N) is 2. The molecule has 0 radical (unpaired) electrons. The molecule has 0 fully saturated rings. The van der Waals surface area contributed by atoms with E-state index < -0.39 is 5.60 Å². The van der Waals surface area contributed by atoms with Gasteiger partial charge in [0.2, 0.25) is 5.88 Å². The number of nitrogens with zero attached hydrogens (tertiary/aromatic N) is 2. The van der Waals surface area contributed by atoms with Gasteiger partial charge in [0.25, 0.3) is 0 Å². The summed E-state index contributed by atoms with van der Waals surface area (Å²) in [6, 6.07) is 5.64. The van der Waals surface area contributed by atoms with Gasteiger partial charge in [-0.25, -0.2) is 9.98 Å². The quantitative estimate of drug-likeness (QED) is 0.518. The number of rotatable bonds is 7. The van der Waals surface area contributed by atoms with Gasteiger partial charge in [0.05, 0.1) is 20.2 Å². The summed E-state index contributed by atoms with van der Waals surface area (Å²) in [6.07, 6.45) is 1.68. The maximum atomic E-state index is 10.8. The Balaban J connectivity index is 2.08. The van der Waals surface area contributed by atoms with Crippen molar-refractivity contribution in [2.45, 2.75) is 39.8 Å². The first-order valence-corrected chi connectivity index (χ1v) is 8.67. The fourth-order valence-electron chi connectivity index (χ4n) is 2.75. The Kier molecular flexibility index (Phi) is 6.63. The van der Waals surface area contributed by atoms with Crippen molar-refractivity contribution in [3.63, 3.8) is 0 Å². The first-order valence-electron chi connectivity index (χ1n) is 8.67. The van der Waals surface area contributed by atoms with Gasteiger partial charge in [-0.3, -0.25) is 0 Å². The number of aliphatic imine (C=N–C) groups is 1. The molecule has 0 saturated carbocycles. The second kappa shape index (κ2) is 8.71. The largest absolute Gasteiger partial charge is 0.481 e. The molecule has 0 aromatic carbocycles. The van der Waals surface area contributed by atoms with Crippen LogP contribution in [0.25, 0.3) is 0 Å². The van der Waals surface area contributed by atoms with E-state index in [0.717, 1.165) is 22.6 Å². The van der Waals surface area contributed by atoms with Gasteiger partial charge in [0.1, 0.15) is 17.1 Å². The van der Waals surface area contributed by atoms with Crippen molar-refractivity contribution in [3.8, 4) is 5.88 Å². The Morgan fingerprint density at radius 3 is 2.77 bits per heavy atom. The summed E-state index contributed by atoms with van der Waals surface area (Å²) in [5, 5.41) is 17.2. The maximum absolute atomic E-state index is 10.8. The number of methoxy groups -OCH3 is 1. The number of aryl methyl sites for hydroxylation is 2. The SMILES string of the molecule is CCNC(=NCc1cccnc1OC)NCC(C)(O)c1cc(C)oc1C. The molecule has 0 saturated heterocycles. The summed E-state index contributed by atoms with van der Waals surface area (Å²) in [6.45, 7) is 8.88. The monoisotopic (exact) mass is 360 g/mol. The van der Waals surface area contributed by atoms with Crippen LogP contribution in [-0.4, -0.2) is 36.2 Å². The van der Waals surface area contributed by atoms with Crippen LogP contribution < -0.4 is 15.4 Å². The highest BCUT2D eigenvalue weighted by molar-refractivity contribution is 5.79. The Hall–Kier alpha value is -2.54. The number of furan rings is 1. The van der Waals surface area contributed by atoms with E-state index in [4.69, 9.17) is 9.15 Å². The molecule has 2 rings (SSSR count). The second-order valence-corrected chi connectivity index (χ2v) is 6.32. The van der Waals surface area contributed by atoms with Crippen LogP contribution in [0.5, 0.6) is 5.88 Å². The molecule has 3 N–H and O–H groups in total. The summed E-state index contributed by atoms with van der Waals surface area (Å²) in [7, 11) is 1.59. The van der Waals surface area contributed by atoms with E-state index in [-0.39, 0.29) is 0 Å². The molecule has 7 nitrogen and oxygen atoms in total. The number of aliphatic hydroxyl groups is 1. The zero-order chi connectivity index (χ0) is 19.2. The fourth-order valence-corrected chi connectivity index (χ4v) is 2.75. The number of pyridine rings is 1. The molecule has 0 aliphatic rings. The zero-order valence-electron chi connectivity index (χ0n) is 16.1. The lowest BCUT2D eigenvalue weighted by Crippen LogP contribution is -2.44. The van der Waals surface area contributed by atoms with Gasteiger partial charge in [-0.1, -0.05) is 6.07 Å². The van der Waals surface area contributed by atoms with Crippen molar-refractivity contribution in [3.05, 3.63) is 47.0 Å². The van der Waals surface area contributed by atoms with E-state index in [0.29, 0.717) is 31.5 Å². The van der Waals surface area contributed by atoms with Crippen molar-refractivity contribution in [1.82, 2.24) is 15.6 Å². The third kappa shape index (κ3) is 4.98. The lowest BCUT2D eigenvalue weighted by molar-refractivity contribution is 0.0601. The van der Waals surface area contributed by atoms with Crippen LogP contribution in [0.4, 0.5) is 0 Å². The predicted molar refractivity (Wildman–Crippen MR) is 101 cm³/mol. The third-order valence-corrected chi connectivity index (χ3v) is 4.02. The maximum Gasteiger partial charge on any atom is 0.218 e. The van der Waals surface area contributed by atoms with E-state index in [1.165, 1.54) is 0 Å². The van der Waals surface area contributed by atoms with Crippen LogP contribution >= 0.6 is 0 Å². The van der Waals surface area contributed by atoms with Gasteiger partial charge in [0, 0.05) is 23.9 Å². The highest BCUT2D eigenvalue weighted by atomic mass is 16.5. The average molecular weight is 360 g/mol. The summed E-state index contributed by atoms with van der Waals surface area (Å²) < 4.78 is 10.8. The second-order valence-electron chi connectivity index (χ2n) is 6.32.